The molecule has 150 valence electrons. The predicted octanol–water partition coefficient (Wildman–Crippen LogP) is 3.91. The van der Waals surface area contributed by atoms with Crippen LogP contribution in [-0.4, -0.2) is 35.3 Å². The Balaban J connectivity index is 2.13. The summed E-state index contributed by atoms with van der Waals surface area (Å²) in [5.41, 5.74) is 3.26. The van der Waals surface area contributed by atoms with Crippen molar-refractivity contribution in [2.24, 2.45) is 0 Å². The van der Waals surface area contributed by atoms with Crippen molar-refractivity contribution in [1.82, 2.24) is 10.2 Å². The van der Waals surface area contributed by atoms with E-state index in [-0.39, 0.29) is 17.9 Å². The van der Waals surface area contributed by atoms with Crippen molar-refractivity contribution in [2.75, 3.05) is 6.54 Å². The predicted molar refractivity (Wildman–Crippen MR) is 114 cm³/mol. The van der Waals surface area contributed by atoms with Crippen molar-refractivity contribution in [3.63, 3.8) is 0 Å². The van der Waals surface area contributed by atoms with Crippen molar-refractivity contribution in [2.45, 2.75) is 59.0 Å². The first-order valence-corrected chi connectivity index (χ1v) is 10.1. The summed E-state index contributed by atoms with van der Waals surface area (Å²) < 4.78 is 0. The molecule has 4 heteroatoms. The number of carbonyl (C=O) groups is 2. The van der Waals surface area contributed by atoms with Crippen LogP contribution in [0.1, 0.15) is 43.9 Å². The highest BCUT2D eigenvalue weighted by atomic mass is 16.2. The molecule has 2 aromatic rings. The van der Waals surface area contributed by atoms with Gasteiger partial charge < -0.3 is 10.2 Å². The molecule has 0 aromatic heterocycles. The smallest absolute Gasteiger partial charge is 0.242 e. The van der Waals surface area contributed by atoms with E-state index in [0.717, 1.165) is 29.5 Å². The molecule has 4 nitrogen and oxygen atoms in total. The third-order valence-corrected chi connectivity index (χ3v) is 5.09. The van der Waals surface area contributed by atoms with Gasteiger partial charge in [-0.05, 0) is 44.7 Å². The minimum atomic E-state index is -0.505. The molecule has 0 aliphatic heterocycles. The molecule has 0 aliphatic carbocycles. The minimum absolute atomic E-state index is 0.0201. The van der Waals surface area contributed by atoms with E-state index in [1.165, 1.54) is 0 Å². The zero-order chi connectivity index (χ0) is 20.5. The number of rotatable bonds is 9. The minimum Gasteiger partial charge on any atom is -0.352 e. The number of hydrogen-bond acceptors (Lipinski definition) is 2. The van der Waals surface area contributed by atoms with Crippen molar-refractivity contribution in [3.05, 3.63) is 71.3 Å². The quantitative estimate of drug-likeness (QED) is 0.717. The van der Waals surface area contributed by atoms with Crippen molar-refractivity contribution >= 4 is 11.8 Å². The molecule has 2 rings (SSSR count). The van der Waals surface area contributed by atoms with E-state index >= 15 is 0 Å². The summed E-state index contributed by atoms with van der Waals surface area (Å²) >= 11 is 0. The highest BCUT2D eigenvalue weighted by molar-refractivity contribution is 5.88. The Morgan fingerprint density at radius 1 is 1.00 bits per heavy atom. The Labute approximate surface area is 169 Å². The van der Waals surface area contributed by atoms with Gasteiger partial charge in [0.1, 0.15) is 6.04 Å². The van der Waals surface area contributed by atoms with E-state index < -0.39 is 6.04 Å². The number of hydrogen-bond donors (Lipinski definition) is 1. The van der Waals surface area contributed by atoms with Crippen molar-refractivity contribution < 1.29 is 9.59 Å². The summed E-state index contributed by atoms with van der Waals surface area (Å²) in [6.07, 6.45) is 1.89. The highest BCUT2D eigenvalue weighted by Crippen LogP contribution is 2.11. The molecular formula is C24H32N2O2. The molecule has 2 amide bonds. The molecule has 0 saturated carbocycles. The normalized spacial score (nSPS) is 12.9. The van der Waals surface area contributed by atoms with Crippen LogP contribution in [0.15, 0.2) is 54.6 Å². The average Bonchev–Trinajstić information content (AvgIpc) is 2.68. The second-order valence-corrected chi connectivity index (χ2v) is 7.48. The Hall–Kier alpha value is -2.62. The topological polar surface area (TPSA) is 49.4 Å². The Morgan fingerprint density at radius 3 is 2.32 bits per heavy atom. The number of nitrogens with one attached hydrogen (secondary N) is 1. The van der Waals surface area contributed by atoms with Crippen LogP contribution in [0.2, 0.25) is 0 Å². The largest absolute Gasteiger partial charge is 0.352 e. The fourth-order valence-electron chi connectivity index (χ4n) is 3.13. The lowest BCUT2D eigenvalue weighted by molar-refractivity contribution is -0.139. The number of aryl methyl sites for hydroxylation is 1. The van der Waals surface area contributed by atoms with Crippen LogP contribution in [0.25, 0.3) is 0 Å². The van der Waals surface area contributed by atoms with Gasteiger partial charge in [0.05, 0.1) is 6.42 Å². The Morgan fingerprint density at radius 2 is 1.68 bits per heavy atom. The van der Waals surface area contributed by atoms with E-state index in [0.29, 0.717) is 13.0 Å². The number of benzene rings is 2. The van der Waals surface area contributed by atoms with Crippen LogP contribution in [0, 0.1) is 6.92 Å². The summed E-state index contributed by atoms with van der Waals surface area (Å²) in [6.45, 7) is 8.36. The molecule has 0 saturated heterocycles. The van der Waals surface area contributed by atoms with Crippen LogP contribution in [0.4, 0.5) is 0 Å². The number of nitrogens with zero attached hydrogens (tertiary/aromatic N) is 1. The molecule has 0 radical (unpaired) electrons. The van der Waals surface area contributed by atoms with Gasteiger partial charge in [0.2, 0.25) is 11.8 Å². The van der Waals surface area contributed by atoms with Crippen LogP contribution < -0.4 is 5.32 Å². The van der Waals surface area contributed by atoms with Gasteiger partial charge in [0, 0.05) is 12.6 Å². The molecule has 1 N–H and O–H groups in total. The van der Waals surface area contributed by atoms with Gasteiger partial charge in [-0.3, -0.25) is 9.59 Å². The van der Waals surface area contributed by atoms with E-state index in [9.17, 15) is 9.59 Å². The molecule has 2 atom stereocenters. The highest BCUT2D eigenvalue weighted by Gasteiger charge is 2.26. The molecule has 0 aliphatic rings. The average molecular weight is 381 g/mol. The van der Waals surface area contributed by atoms with Crippen molar-refractivity contribution in [1.29, 1.82) is 0 Å². The molecule has 0 bridgehead atoms. The number of carbonyl (C=O) groups excluding carboxylic acids is 2. The summed E-state index contributed by atoms with van der Waals surface area (Å²) in [6, 6.07) is 17.6. The molecule has 2 aromatic carbocycles. The maximum atomic E-state index is 13.1. The first-order valence-electron chi connectivity index (χ1n) is 10.1. The molecule has 0 fully saturated rings. The van der Waals surface area contributed by atoms with Gasteiger partial charge in [0.25, 0.3) is 0 Å². The molecule has 0 heterocycles. The first kappa shape index (κ1) is 21.7. The van der Waals surface area contributed by atoms with E-state index in [2.05, 4.69) is 5.32 Å². The van der Waals surface area contributed by atoms with Gasteiger partial charge in [0.15, 0.2) is 0 Å². The lowest BCUT2D eigenvalue weighted by Gasteiger charge is -2.30. The number of amides is 2. The maximum Gasteiger partial charge on any atom is 0.242 e. The van der Waals surface area contributed by atoms with Gasteiger partial charge in [-0.15, -0.1) is 0 Å². The van der Waals surface area contributed by atoms with Crippen LogP contribution in [-0.2, 0) is 22.4 Å². The van der Waals surface area contributed by atoms with Crippen LogP contribution in [0.3, 0.4) is 0 Å². The van der Waals surface area contributed by atoms with Crippen LogP contribution in [0.5, 0.6) is 0 Å². The second-order valence-electron chi connectivity index (χ2n) is 7.48. The van der Waals surface area contributed by atoms with Gasteiger partial charge >= 0.3 is 0 Å². The molecule has 0 unspecified atom stereocenters. The third kappa shape index (κ3) is 6.52. The van der Waals surface area contributed by atoms with Crippen molar-refractivity contribution in [3.8, 4) is 0 Å². The van der Waals surface area contributed by atoms with E-state index in [1.54, 1.807) is 4.90 Å². The summed E-state index contributed by atoms with van der Waals surface area (Å²) in [5, 5.41) is 3.00. The monoisotopic (exact) mass is 380 g/mol. The lowest BCUT2D eigenvalue weighted by Crippen LogP contribution is -2.50. The van der Waals surface area contributed by atoms with Crippen LogP contribution >= 0.6 is 0 Å². The molecule has 28 heavy (non-hydrogen) atoms. The van der Waals surface area contributed by atoms with Gasteiger partial charge in [-0.2, -0.15) is 0 Å². The third-order valence-electron chi connectivity index (χ3n) is 5.09. The maximum absolute atomic E-state index is 13.1. The lowest BCUT2D eigenvalue weighted by atomic mass is 10.1. The summed E-state index contributed by atoms with van der Waals surface area (Å²) in [4.78, 5) is 27.5. The van der Waals surface area contributed by atoms with Gasteiger partial charge in [-0.25, -0.2) is 0 Å². The second kappa shape index (κ2) is 10.6. The SMILES string of the molecule is CC[C@@H](C)NC(=O)[C@H](C)N(CCc1ccccc1)C(=O)Cc1cccc(C)c1. The Kier molecular flexibility index (Phi) is 8.24. The zero-order valence-corrected chi connectivity index (χ0v) is 17.4. The standard InChI is InChI=1S/C24H32N2O2/c1-5-19(3)25-24(28)20(4)26(15-14-21-11-7-6-8-12-21)23(27)17-22-13-9-10-18(2)16-22/h6-13,16,19-20H,5,14-15,17H2,1-4H3,(H,25,28)/t19-,20+/m1/s1. The van der Waals surface area contributed by atoms with E-state index in [1.807, 2.05) is 82.3 Å². The summed E-state index contributed by atoms with van der Waals surface area (Å²) in [5.74, 6) is -0.117. The molecule has 0 spiro atoms. The van der Waals surface area contributed by atoms with E-state index in [4.69, 9.17) is 0 Å². The first-order chi connectivity index (χ1) is 13.4. The zero-order valence-electron chi connectivity index (χ0n) is 17.4. The fourth-order valence-corrected chi connectivity index (χ4v) is 3.13. The summed E-state index contributed by atoms with van der Waals surface area (Å²) in [7, 11) is 0. The van der Waals surface area contributed by atoms with Gasteiger partial charge in [-0.1, -0.05) is 67.1 Å². The Bertz CT molecular complexity index is 773. The fraction of sp³-hybridized carbons (Fsp3) is 0.417. The molecular weight excluding hydrogens is 348 g/mol.